The summed E-state index contributed by atoms with van der Waals surface area (Å²) in [6.45, 7) is 4.98. The predicted octanol–water partition coefficient (Wildman–Crippen LogP) is 2.52. The molecule has 3 heterocycles. The molecule has 0 saturated carbocycles. The molecule has 23 heavy (non-hydrogen) atoms. The summed E-state index contributed by atoms with van der Waals surface area (Å²) in [4.78, 5) is 12.9. The Morgan fingerprint density at radius 2 is 2.22 bits per heavy atom. The van der Waals surface area contributed by atoms with Gasteiger partial charge < -0.3 is 10.1 Å². The third kappa shape index (κ3) is 2.97. The number of halogens is 1. The minimum Gasteiger partial charge on any atom is -0.494 e. The van der Waals surface area contributed by atoms with E-state index in [1.54, 1.807) is 24.0 Å². The smallest absolute Gasteiger partial charge is 0.193 e. The standard InChI is InChI=1S/C15H17ClN6O/c1-4-17-9(2)11-5-10(13(23-3)6-18-11)12-7-22-15(14(16)21-12)19-8-20-22/h5-9,17H,4H2,1-3H3/t9-/m1/s1. The largest absolute Gasteiger partial charge is 0.494 e. The second kappa shape index (κ2) is 6.47. The van der Waals surface area contributed by atoms with Crippen LogP contribution in [0.15, 0.2) is 24.8 Å². The molecule has 0 unspecified atom stereocenters. The van der Waals surface area contributed by atoms with Gasteiger partial charge >= 0.3 is 0 Å². The molecular formula is C15H17ClN6O. The molecule has 0 aliphatic carbocycles. The number of ether oxygens (including phenoxy) is 1. The molecular weight excluding hydrogens is 316 g/mol. The molecule has 3 aromatic heterocycles. The van der Waals surface area contributed by atoms with Crippen LogP contribution >= 0.6 is 11.6 Å². The molecule has 1 atom stereocenters. The molecule has 3 rings (SSSR count). The van der Waals surface area contributed by atoms with Crippen molar-refractivity contribution in [2.75, 3.05) is 13.7 Å². The first kappa shape index (κ1) is 15.6. The third-order valence-electron chi connectivity index (χ3n) is 3.56. The Morgan fingerprint density at radius 3 is 2.96 bits per heavy atom. The number of pyridine rings is 1. The van der Waals surface area contributed by atoms with Crippen molar-refractivity contribution < 1.29 is 4.74 Å². The molecule has 0 radical (unpaired) electrons. The molecule has 0 bridgehead atoms. The molecule has 0 aromatic carbocycles. The van der Waals surface area contributed by atoms with E-state index in [9.17, 15) is 0 Å². The number of nitrogens with zero attached hydrogens (tertiary/aromatic N) is 5. The number of methoxy groups -OCH3 is 1. The number of hydrogen-bond acceptors (Lipinski definition) is 6. The summed E-state index contributed by atoms with van der Waals surface area (Å²) in [7, 11) is 1.60. The van der Waals surface area contributed by atoms with Gasteiger partial charge in [-0.1, -0.05) is 18.5 Å². The quantitative estimate of drug-likeness (QED) is 0.773. The number of rotatable bonds is 5. The van der Waals surface area contributed by atoms with Crippen LogP contribution in [0.5, 0.6) is 5.75 Å². The molecule has 8 heteroatoms. The van der Waals surface area contributed by atoms with Crippen LogP contribution < -0.4 is 10.1 Å². The predicted molar refractivity (Wildman–Crippen MR) is 87.7 cm³/mol. The number of nitrogens with one attached hydrogen (secondary N) is 1. The highest BCUT2D eigenvalue weighted by Gasteiger charge is 2.15. The van der Waals surface area contributed by atoms with Gasteiger partial charge in [-0.2, -0.15) is 5.10 Å². The lowest BCUT2D eigenvalue weighted by Gasteiger charge is -2.15. The van der Waals surface area contributed by atoms with E-state index >= 15 is 0 Å². The monoisotopic (exact) mass is 332 g/mol. The van der Waals surface area contributed by atoms with Crippen LogP contribution in [-0.2, 0) is 0 Å². The van der Waals surface area contributed by atoms with Crippen molar-refractivity contribution in [2.45, 2.75) is 19.9 Å². The van der Waals surface area contributed by atoms with Gasteiger partial charge in [0, 0.05) is 11.6 Å². The fourth-order valence-electron chi connectivity index (χ4n) is 2.39. The molecule has 3 aromatic rings. The zero-order valence-corrected chi connectivity index (χ0v) is 13.9. The van der Waals surface area contributed by atoms with Crippen molar-refractivity contribution >= 4 is 17.2 Å². The van der Waals surface area contributed by atoms with E-state index in [0.29, 0.717) is 22.2 Å². The van der Waals surface area contributed by atoms with Gasteiger partial charge in [0.05, 0.1) is 30.9 Å². The van der Waals surface area contributed by atoms with Gasteiger partial charge in [-0.15, -0.1) is 0 Å². The minimum absolute atomic E-state index is 0.121. The first-order valence-electron chi connectivity index (χ1n) is 7.27. The summed E-state index contributed by atoms with van der Waals surface area (Å²) in [5.41, 5.74) is 2.88. The Hall–Kier alpha value is -2.25. The summed E-state index contributed by atoms with van der Waals surface area (Å²) in [6, 6.07) is 2.07. The Kier molecular flexibility index (Phi) is 4.40. The molecule has 0 aliphatic heterocycles. The van der Waals surface area contributed by atoms with Crippen LogP contribution in [0.3, 0.4) is 0 Å². The van der Waals surface area contributed by atoms with Crippen LogP contribution in [-0.4, -0.2) is 38.2 Å². The summed E-state index contributed by atoms with van der Waals surface area (Å²) >= 11 is 6.20. The van der Waals surface area contributed by atoms with Gasteiger partial charge in [0.2, 0.25) is 0 Å². The van der Waals surface area contributed by atoms with E-state index in [2.05, 4.69) is 39.2 Å². The van der Waals surface area contributed by atoms with Gasteiger partial charge in [-0.25, -0.2) is 14.5 Å². The van der Waals surface area contributed by atoms with Crippen LogP contribution in [0.25, 0.3) is 16.9 Å². The second-order valence-corrected chi connectivity index (χ2v) is 5.39. The van der Waals surface area contributed by atoms with E-state index < -0.39 is 0 Å². The highest BCUT2D eigenvalue weighted by molar-refractivity contribution is 6.32. The van der Waals surface area contributed by atoms with Crippen molar-refractivity contribution in [3.05, 3.63) is 35.6 Å². The first-order chi connectivity index (χ1) is 11.1. The van der Waals surface area contributed by atoms with Crippen LogP contribution in [0.4, 0.5) is 0 Å². The molecule has 0 spiro atoms. The Balaban J connectivity index is 2.13. The van der Waals surface area contributed by atoms with Crippen LogP contribution in [0.1, 0.15) is 25.6 Å². The van der Waals surface area contributed by atoms with E-state index in [4.69, 9.17) is 16.3 Å². The highest BCUT2D eigenvalue weighted by Crippen LogP contribution is 2.31. The fraction of sp³-hybridized carbons (Fsp3) is 0.333. The first-order valence-corrected chi connectivity index (χ1v) is 7.65. The SMILES string of the molecule is CCN[C@H](C)c1cc(-c2cn3ncnc3c(Cl)n2)c(OC)cn1. The Labute approximate surface area is 138 Å². The van der Waals surface area contributed by atoms with Gasteiger partial charge in [-0.3, -0.25) is 4.98 Å². The van der Waals surface area contributed by atoms with Crippen molar-refractivity contribution in [1.29, 1.82) is 0 Å². The third-order valence-corrected chi connectivity index (χ3v) is 3.81. The normalized spacial score (nSPS) is 12.5. The Bertz CT molecular complexity index is 834. The average Bonchev–Trinajstić information content (AvgIpc) is 3.03. The summed E-state index contributed by atoms with van der Waals surface area (Å²) in [5.74, 6) is 0.625. The zero-order chi connectivity index (χ0) is 16.4. The molecule has 120 valence electrons. The van der Waals surface area contributed by atoms with Crippen LogP contribution in [0.2, 0.25) is 5.15 Å². The van der Waals surface area contributed by atoms with Crippen molar-refractivity contribution in [3.8, 4) is 17.0 Å². The van der Waals surface area contributed by atoms with Gasteiger partial charge in [0.15, 0.2) is 10.8 Å². The lowest BCUT2D eigenvalue weighted by Crippen LogP contribution is -2.18. The van der Waals surface area contributed by atoms with Crippen molar-refractivity contribution in [3.63, 3.8) is 0 Å². The van der Waals surface area contributed by atoms with Crippen molar-refractivity contribution in [2.24, 2.45) is 0 Å². The fourth-order valence-corrected chi connectivity index (χ4v) is 2.62. The maximum Gasteiger partial charge on any atom is 0.193 e. The average molecular weight is 333 g/mol. The van der Waals surface area contributed by atoms with E-state index in [1.807, 2.05) is 6.07 Å². The maximum atomic E-state index is 6.20. The maximum absolute atomic E-state index is 6.20. The zero-order valence-electron chi connectivity index (χ0n) is 13.1. The van der Waals surface area contributed by atoms with E-state index in [-0.39, 0.29) is 6.04 Å². The van der Waals surface area contributed by atoms with E-state index in [1.165, 1.54) is 6.33 Å². The lowest BCUT2D eigenvalue weighted by atomic mass is 10.1. The summed E-state index contributed by atoms with van der Waals surface area (Å²) in [6.07, 6.45) is 4.91. The van der Waals surface area contributed by atoms with Gasteiger partial charge in [-0.05, 0) is 19.5 Å². The second-order valence-electron chi connectivity index (χ2n) is 5.03. The van der Waals surface area contributed by atoms with Gasteiger partial charge in [0.1, 0.15) is 12.1 Å². The Morgan fingerprint density at radius 1 is 1.39 bits per heavy atom. The molecule has 1 N–H and O–H groups in total. The molecule has 0 amide bonds. The number of hydrogen-bond donors (Lipinski definition) is 1. The highest BCUT2D eigenvalue weighted by atomic mass is 35.5. The lowest BCUT2D eigenvalue weighted by molar-refractivity contribution is 0.413. The van der Waals surface area contributed by atoms with E-state index in [0.717, 1.165) is 17.8 Å². The molecule has 7 nitrogen and oxygen atoms in total. The summed E-state index contributed by atoms with van der Waals surface area (Å²) < 4.78 is 7.01. The number of fused-ring (bicyclic) bond motifs is 1. The minimum atomic E-state index is 0.121. The number of aromatic nitrogens is 5. The molecule has 0 aliphatic rings. The summed E-state index contributed by atoms with van der Waals surface area (Å²) in [5, 5.41) is 7.75. The molecule has 0 saturated heterocycles. The van der Waals surface area contributed by atoms with Gasteiger partial charge in [0.25, 0.3) is 0 Å². The molecule has 0 fully saturated rings. The van der Waals surface area contributed by atoms with Crippen molar-refractivity contribution in [1.82, 2.24) is 29.9 Å². The van der Waals surface area contributed by atoms with Crippen LogP contribution in [0, 0.1) is 0 Å². The topological polar surface area (TPSA) is 77.2 Å².